The van der Waals surface area contributed by atoms with E-state index in [9.17, 15) is 0 Å². The largest absolute Gasteiger partial charge is 0.133 e. The van der Waals surface area contributed by atoms with Crippen molar-refractivity contribution in [1.82, 2.24) is 0 Å². The van der Waals surface area contributed by atoms with E-state index in [0.29, 0.717) is 0 Å². The summed E-state index contributed by atoms with van der Waals surface area (Å²) in [6, 6.07) is 6.12. The van der Waals surface area contributed by atoms with E-state index in [2.05, 4.69) is 51.2 Å². The molecule has 0 heterocycles. The van der Waals surface area contributed by atoms with Crippen molar-refractivity contribution >= 4 is 68.4 Å². The van der Waals surface area contributed by atoms with Crippen LogP contribution in [0.3, 0.4) is 0 Å². The molecule has 1 aromatic carbocycles. The van der Waals surface area contributed by atoms with Gasteiger partial charge in [0.2, 0.25) is 0 Å². The van der Waals surface area contributed by atoms with E-state index in [0.717, 1.165) is 9.99 Å². The van der Waals surface area contributed by atoms with Gasteiger partial charge in [-0.25, -0.2) is 0 Å². The van der Waals surface area contributed by atoms with Crippen LogP contribution in [0.15, 0.2) is 18.2 Å². The Balaban J connectivity index is 3.11. The minimum Gasteiger partial charge on any atom is -0.100 e. The summed E-state index contributed by atoms with van der Waals surface area (Å²) in [6.07, 6.45) is 0. The highest BCUT2D eigenvalue weighted by Crippen LogP contribution is 2.29. The van der Waals surface area contributed by atoms with E-state index in [1.807, 2.05) is 12.1 Å². The second-order valence-corrected chi connectivity index (χ2v) is 5.38. The van der Waals surface area contributed by atoms with Gasteiger partial charge in [-0.15, -0.1) is 23.2 Å². The van der Waals surface area contributed by atoms with Gasteiger partial charge < -0.3 is 0 Å². The number of rotatable bonds is 2. The SMILES string of the molecule is ClC(Cl)c1ccc(I)cc1CI. The summed E-state index contributed by atoms with van der Waals surface area (Å²) in [7, 11) is 0. The smallest absolute Gasteiger partial charge is 0.100 e. The minimum absolute atomic E-state index is 0.410. The predicted molar refractivity (Wildman–Crippen MR) is 71.3 cm³/mol. The molecule has 1 rings (SSSR count). The van der Waals surface area contributed by atoms with Crippen LogP contribution >= 0.6 is 68.4 Å². The van der Waals surface area contributed by atoms with Crippen LogP contribution < -0.4 is 0 Å². The molecule has 0 bridgehead atoms. The van der Waals surface area contributed by atoms with E-state index < -0.39 is 4.84 Å². The molecular formula is C8H6Cl2I2. The zero-order chi connectivity index (χ0) is 9.14. The van der Waals surface area contributed by atoms with Gasteiger partial charge in [-0.05, 0) is 45.9 Å². The highest BCUT2D eigenvalue weighted by atomic mass is 127. The second-order valence-electron chi connectivity index (χ2n) is 2.28. The Morgan fingerprint density at radius 1 is 1.33 bits per heavy atom. The van der Waals surface area contributed by atoms with Gasteiger partial charge in [0.15, 0.2) is 0 Å². The lowest BCUT2D eigenvalue weighted by molar-refractivity contribution is 1.25. The van der Waals surface area contributed by atoms with Crippen molar-refractivity contribution in [3.05, 3.63) is 32.9 Å². The van der Waals surface area contributed by atoms with Gasteiger partial charge in [0.05, 0.1) is 0 Å². The third-order valence-corrected chi connectivity index (χ3v) is 3.45. The first-order valence-corrected chi connectivity index (χ1v) is 6.75. The van der Waals surface area contributed by atoms with Gasteiger partial charge in [-0.3, -0.25) is 0 Å². The summed E-state index contributed by atoms with van der Waals surface area (Å²) in [6.45, 7) is 0. The molecule has 0 amide bonds. The maximum absolute atomic E-state index is 5.80. The lowest BCUT2D eigenvalue weighted by Crippen LogP contribution is -1.90. The van der Waals surface area contributed by atoms with Crippen molar-refractivity contribution in [2.75, 3.05) is 0 Å². The van der Waals surface area contributed by atoms with E-state index in [1.165, 1.54) is 9.13 Å². The fraction of sp³-hybridized carbons (Fsp3) is 0.250. The summed E-state index contributed by atoms with van der Waals surface area (Å²) in [5.74, 6) is 0. The molecule has 0 unspecified atom stereocenters. The van der Waals surface area contributed by atoms with Crippen LogP contribution in [0.4, 0.5) is 0 Å². The normalized spacial score (nSPS) is 10.8. The third-order valence-electron chi connectivity index (χ3n) is 1.48. The maximum atomic E-state index is 5.80. The van der Waals surface area contributed by atoms with E-state index in [1.54, 1.807) is 0 Å². The van der Waals surface area contributed by atoms with Gasteiger partial charge in [-0.1, -0.05) is 28.7 Å². The van der Waals surface area contributed by atoms with E-state index >= 15 is 0 Å². The van der Waals surface area contributed by atoms with E-state index in [4.69, 9.17) is 23.2 Å². The van der Waals surface area contributed by atoms with Crippen molar-refractivity contribution in [3.8, 4) is 0 Å². The quantitative estimate of drug-likeness (QED) is 0.475. The Morgan fingerprint density at radius 3 is 2.50 bits per heavy atom. The monoisotopic (exact) mass is 426 g/mol. The van der Waals surface area contributed by atoms with Crippen molar-refractivity contribution in [2.45, 2.75) is 9.26 Å². The van der Waals surface area contributed by atoms with Gasteiger partial charge in [0.25, 0.3) is 0 Å². The molecule has 0 aromatic heterocycles. The maximum Gasteiger partial charge on any atom is 0.133 e. The molecule has 0 N–H and O–H groups in total. The van der Waals surface area contributed by atoms with Crippen LogP contribution in [0.2, 0.25) is 0 Å². The minimum atomic E-state index is -0.410. The summed E-state index contributed by atoms with van der Waals surface area (Å²) in [4.78, 5) is -0.410. The molecule has 0 aliphatic carbocycles. The van der Waals surface area contributed by atoms with Crippen molar-refractivity contribution in [1.29, 1.82) is 0 Å². The first-order chi connectivity index (χ1) is 5.65. The average molecular weight is 427 g/mol. The van der Waals surface area contributed by atoms with Crippen LogP contribution in [0.1, 0.15) is 16.0 Å². The zero-order valence-electron chi connectivity index (χ0n) is 6.03. The molecule has 12 heavy (non-hydrogen) atoms. The Morgan fingerprint density at radius 2 is 2.00 bits per heavy atom. The highest BCUT2D eigenvalue weighted by molar-refractivity contribution is 14.1. The molecule has 0 nitrogen and oxygen atoms in total. The summed E-state index contributed by atoms with van der Waals surface area (Å²) in [5, 5.41) is 0. The predicted octanol–water partition coefficient (Wildman–Crippen LogP) is 4.70. The van der Waals surface area contributed by atoms with Gasteiger partial charge in [0.1, 0.15) is 4.84 Å². The molecule has 0 atom stereocenters. The number of benzene rings is 1. The molecule has 0 spiro atoms. The van der Waals surface area contributed by atoms with Crippen molar-refractivity contribution in [3.63, 3.8) is 0 Å². The second kappa shape index (κ2) is 5.22. The first-order valence-electron chi connectivity index (χ1n) is 3.27. The molecule has 0 radical (unpaired) electrons. The number of halogens is 4. The summed E-state index contributed by atoms with van der Waals surface area (Å²) < 4.78 is 2.16. The van der Waals surface area contributed by atoms with Gasteiger partial charge in [0, 0.05) is 8.00 Å². The van der Waals surface area contributed by atoms with Crippen molar-refractivity contribution in [2.24, 2.45) is 0 Å². The van der Waals surface area contributed by atoms with E-state index in [-0.39, 0.29) is 0 Å². The van der Waals surface area contributed by atoms with Crippen LogP contribution in [0.5, 0.6) is 0 Å². The number of hydrogen-bond acceptors (Lipinski definition) is 0. The Labute approximate surface area is 109 Å². The van der Waals surface area contributed by atoms with Gasteiger partial charge >= 0.3 is 0 Å². The summed E-state index contributed by atoms with van der Waals surface area (Å²) in [5.41, 5.74) is 2.24. The van der Waals surface area contributed by atoms with Crippen LogP contribution in [-0.4, -0.2) is 0 Å². The third kappa shape index (κ3) is 2.89. The van der Waals surface area contributed by atoms with Crippen LogP contribution in [0.25, 0.3) is 0 Å². The molecule has 4 heteroatoms. The molecule has 0 aliphatic rings. The molecule has 0 aliphatic heterocycles. The zero-order valence-corrected chi connectivity index (χ0v) is 11.9. The fourth-order valence-electron chi connectivity index (χ4n) is 0.903. The summed E-state index contributed by atoms with van der Waals surface area (Å²) >= 11 is 16.2. The fourth-order valence-corrected chi connectivity index (χ4v) is 2.54. The van der Waals surface area contributed by atoms with Crippen LogP contribution in [0, 0.1) is 3.57 Å². The molecule has 0 saturated carbocycles. The molecule has 0 saturated heterocycles. The average Bonchev–Trinajstić information content (AvgIpc) is 2.03. The first kappa shape index (κ1) is 11.3. The lowest BCUT2D eigenvalue weighted by atomic mass is 10.1. The standard InChI is InChI=1S/C8H6Cl2I2/c9-8(10)7-2-1-6(12)3-5(7)4-11/h1-3,8H,4H2. The topological polar surface area (TPSA) is 0 Å². The molecule has 1 aromatic rings. The van der Waals surface area contributed by atoms with Gasteiger partial charge in [-0.2, -0.15) is 0 Å². The number of hydrogen-bond donors (Lipinski definition) is 0. The Hall–Kier alpha value is 1.26. The van der Waals surface area contributed by atoms with Crippen LogP contribution in [-0.2, 0) is 4.43 Å². The Bertz CT molecular complexity index is 274. The Kier molecular flexibility index (Phi) is 4.93. The highest BCUT2D eigenvalue weighted by Gasteiger charge is 2.08. The van der Waals surface area contributed by atoms with Crippen molar-refractivity contribution < 1.29 is 0 Å². The lowest BCUT2D eigenvalue weighted by Gasteiger charge is -2.07. The molecule has 0 fully saturated rings. The molecule has 66 valence electrons. The molecular weight excluding hydrogens is 421 g/mol. The number of alkyl halides is 3.